The van der Waals surface area contributed by atoms with Gasteiger partial charge in [0.1, 0.15) is 0 Å². The summed E-state index contributed by atoms with van der Waals surface area (Å²) in [6.45, 7) is 15.4. The Morgan fingerprint density at radius 1 is 1.20 bits per heavy atom. The minimum atomic E-state index is 0.192. The maximum absolute atomic E-state index is 5.67. The van der Waals surface area contributed by atoms with E-state index in [1.807, 2.05) is 0 Å². The van der Waals surface area contributed by atoms with Crippen LogP contribution >= 0.6 is 0 Å². The highest BCUT2D eigenvalue weighted by Gasteiger charge is 2.17. The zero-order valence-electron chi connectivity index (χ0n) is 14.1. The van der Waals surface area contributed by atoms with E-state index in [4.69, 9.17) is 5.84 Å². The third-order valence-corrected chi connectivity index (χ3v) is 3.73. The average Bonchev–Trinajstić information content (AvgIpc) is 2.30. The molecule has 0 aliphatic rings. The number of benzene rings is 1. The lowest BCUT2D eigenvalue weighted by Crippen LogP contribution is -2.35. The fourth-order valence-corrected chi connectivity index (χ4v) is 2.54. The van der Waals surface area contributed by atoms with Gasteiger partial charge in [-0.05, 0) is 61.8 Å². The molecule has 1 rings (SSSR count). The standard InChI is InChI=1S/C18H30N2/c1-12(2)8-16(20-19)11-17-13(3)9-15(10-14(17)4)18(5,6)7/h8-10,16,20H,11,19H2,1-7H3. The van der Waals surface area contributed by atoms with Crippen molar-refractivity contribution in [2.45, 2.75) is 66.3 Å². The van der Waals surface area contributed by atoms with Gasteiger partial charge in [0.05, 0.1) is 0 Å². The van der Waals surface area contributed by atoms with Crippen molar-refractivity contribution in [3.63, 3.8) is 0 Å². The van der Waals surface area contributed by atoms with Gasteiger partial charge in [0.25, 0.3) is 0 Å². The van der Waals surface area contributed by atoms with Crippen molar-refractivity contribution in [3.05, 3.63) is 46.0 Å². The van der Waals surface area contributed by atoms with Gasteiger partial charge in [-0.1, -0.05) is 44.6 Å². The summed E-state index contributed by atoms with van der Waals surface area (Å²) >= 11 is 0. The summed E-state index contributed by atoms with van der Waals surface area (Å²) in [5.74, 6) is 5.67. The average molecular weight is 274 g/mol. The number of hydrogen-bond acceptors (Lipinski definition) is 2. The van der Waals surface area contributed by atoms with Crippen molar-refractivity contribution in [3.8, 4) is 0 Å². The predicted molar refractivity (Wildman–Crippen MR) is 88.9 cm³/mol. The maximum Gasteiger partial charge on any atom is 0.0433 e. The highest BCUT2D eigenvalue weighted by atomic mass is 15.2. The van der Waals surface area contributed by atoms with E-state index in [2.05, 4.69) is 72.1 Å². The normalized spacial score (nSPS) is 13.2. The molecule has 0 aromatic heterocycles. The Kier molecular flexibility index (Phi) is 5.55. The van der Waals surface area contributed by atoms with Crippen LogP contribution in [0.5, 0.6) is 0 Å². The number of allylic oxidation sites excluding steroid dienone is 1. The molecule has 0 saturated heterocycles. The molecule has 112 valence electrons. The Hall–Kier alpha value is -1.12. The zero-order chi connectivity index (χ0) is 15.5. The maximum atomic E-state index is 5.67. The molecule has 2 nitrogen and oxygen atoms in total. The number of nitrogens with two attached hydrogens (primary N) is 1. The highest BCUT2D eigenvalue weighted by molar-refractivity contribution is 5.41. The van der Waals surface area contributed by atoms with Gasteiger partial charge >= 0.3 is 0 Å². The molecule has 1 unspecified atom stereocenters. The van der Waals surface area contributed by atoms with Crippen molar-refractivity contribution in [1.29, 1.82) is 0 Å². The summed E-state index contributed by atoms with van der Waals surface area (Å²) in [6.07, 6.45) is 3.13. The first-order chi connectivity index (χ1) is 9.15. The SMILES string of the molecule is CC(C)=CC(Cc1c(C)cc(C(C)(C)C)cc1C)NN. The Morgan fingerprint density at radius 3 is 2.05 bits per heavy atom. The summed E-state index contributed by atoms with van der Waals surface area (Å²) in [6, 6.07) is 4.83. The van der Waals surface area contributed by atoms with Crippen molar-refractivity contribution >= 4 is 0 Å². The lowest BCUT2D eigenvalue weighted by Gasteiger charge is -2.23. The predicted octanol–water partition coefficient (Wildman–Crippen LogP) is 3.94. The van der Waals surface area contributed by atoms with Gasteiger partial charge in [-0.15, -0.1) is 0 Å². The summed E-state index contributed by atoms with van der Waals surface area (Å²) in [5, 5.41) is 0. The van der Waals surface area contributed by atoms with Crippen molar-refractivity contribution in [2.75, 3.05) is 0 Å². The van der Waals surface area contributed by atoms with Crippen LogP contribution < -0.4 is 11.3 Å². The number of hydrogen-bond donors (Lipinski definition) is 2. The monoisotopic (exact) mass is 274 g/mol. The first-order valence-electron chi connectivity index (χ1n) is 7.37. The van der Waals surface area contributed by atoms with Crippen molar-refractivity contribution < 1.29 is 0 Å². The van der Waals surface area contributed by atoms with Crippen LogP contribution in [0.4, 0.5) is 0 Å². The first kappa shape index (κ1) is 16.9. The highest BCUT2D eigenvalue weighted by Crippen LogP contribution is 2.27. The van der Waals surface area contributed by atoms with E-state index in [0.717, 1.165) is 6.42 Å². The van der Waals surface area contributed by atoms with E-state index in [0.29, 0.717) is 0 Å². The van der Waals surface area contributed by atoms with E-state index in [-0.39, 0.29) is 11.5 Å². The molecule has 0 aliphatic carbocycles. The molecule has 0 fully saturated rings. The third-order valence-electron chi connectivity index (χ3n) is 3.73. The quantitative estimate of drug-likeness (QED) is 0.496. The molecule has 1 aromatic carbocycles. The molecule has 1 atom stereocenters. The molecular weight excluding hydrogens is 244 g/mol. The van der Waals surface area contributed by atoms with Gasteiger partial charge in [-0.3, -0.25) is 11.3 Å². The molecular formula is C18H30N2. The third kappa shape index (κ3) is 4.46. The second-order valence-electron chi connectivity index (χ2n) is 7.06. The minimum Gasteiger partial charge on any atom is -0.271 e. The lowest BCUT2D eigenvalue weighted by atomic mass is 9.83. The second kappa shape index (κ2) is 6.55. The minimum absolute atomic E-state index is 0.192. The Labute approximate surface area is 124 Å². The van der Waals surface area contributed by atoms with Crippen LogP contribution in [0, 0.1) is 13.8 Å². The van der Waals surface area contributed by atoms with Gasteiger partial charge < -0.3 is 0 Å². The van der Waals surface area contributed by atoms with Gasteiger partial charge in [-0.25, -0.2) is 0 Å². The topological polar surface area (TPSA) is 38.0 Å². The lowest BCUT2D eigenvalue weighted by molar-refractivity contribution is 0.586. The van der Waals surface area contributed by atoms with Crippen molar-refractivity contribution in [2.24, 2.45) is 5.84 Å². The summed E-state index contributed by atoms with van der Waals surface area (Å²) in [4.78, 5) is 0. The van der Waals surface area contributed by atoms with Gasteiger partial charge in [0.15, 0.2) is 0 Å². The molecule has 3 N–H and O–H groups in total. The molecule has 0 bridgehead atoms. The number of rotatable bonds is 4. The summed E-state index contributed by atoms with van der Waals surface area (Å²) < 4.78 is 0. The van der Waals surface area contributed by atoms with Crippen LogP contribution in [0.1, 0.15) is 56.9 Å². The summed E-state index contributed by atoms with van der Waals surface area (Å²) in [5.41, 5.74) is 9.90. The van der Waals surface area contributed by atoms with Crippen LogP contribution in [-0.4, -0.2) is 6.04 Å². The number of nitrogens with one attached hydrogen (secondary N) is 1. The van der Waals surface area contributed by atoms with Gasteiger partial charge in [-0.2, -0.15) is 0 Å². The molecule has 1 aromatic rings. The van der Waals surface area contributed by atoms with Gasteiger partial charge in [0.2, 0.25) is 0 Å². The van der Waals surface area contributed by atoms with E-state index in [1.165, 1.54) is 27.8 Å². The first-order valence-corrected chi connectivity index (χ1v) is 7.37. The number of hydrazine groups is 1. The van der Waals surface area contributed by atoms with Crippen LogP contribution in [0.15, 0.2) is 23.8 Å². The van der Waals surface area contributed by atoms with Crippen LogP contribution in [0.25, 0.3) is 0 Å². The molecule has 0 amide bonds. The molecule has 0 saturated carbocycles. The number of aryl methyl sites for hydroxylation is 2. The fraction of sp³-hybridized carbons (Fsp3) is 0.556. The Bertz CT molecular complexity index is 466. The summed E-state index contributed by atoms with van der Waals surface area (Å²) in [7, 11) is 0. The molecule has 0 aliphatic heterocycles. The van der Waals surface area contributed by atoms with Gasteiger partial charge in [0, 0.05) is 6.04 Å². The van der Waals surface area contributed by atoms with Crippen molar-refractivity contribution in [1.82, 2.24) is 5.43 Å². The molecule has 2 heteroatoms. The van der Waals surface area contributed by atoms with E-state index in [9.17, 15) is 0 Å². The van der Waals surface area contributed by atoms with Crippen LogP contribution in [-0.2, 0) is 11.8 Å². The molecule has 0 heterocycles. The molecule has 20 heavy (non-hydrogen) atoms. The smallest absolute Gasteiger partial charge is 0.0433 e. The Morgan fingerprint density at radius 2 is 1.70 bits per heavy atom. The Balaban J connectivity index is 3.11. The van der Waals surface area contributed by atoms with E-state index in [1.54, 1.807) is 0 Å². The van der Waals surface area contributed by atoms with Crippen LogP contribution in [0.3, 0.4) is 0 Å². The fourth-order valence-electron chi connectivity index (χ4n) is 2.54. The largest absolute Gasteiger partial charge is 0.271 e. The van der Waals surface area contributed by atoms with Crippen LogP contribution in [0.2, 0.25) is 0 Å². The molecule has 0 spiro atoms. The van der Waals surface area contributed by atoms with E-state index >= 15 is 0 Å². The second-order valence-corrected chi connectivity index (χ2v) is 7.06. The zero-order valence-corrected chi connectivity index (χ0v) is 14.1. The molecule has 0 radical (unpaired) electrons. The van der Waals surface area contributed by atoms with E-state index < -0.39 is 0 Å².